The monoisotopic (exact) mass is 339 g/mol. The number of nitrogens with zero attached hydrogens (tertiary/aromatic N) is 3. The Morgan fingerprint density at radius 1 is 1.20 bits per heavy atom. The predicted molar refractivity (Wildman–Crippen MR) is 100 cm³/mol. The number of benzene rings is 1. The summed E-state index contributed by atoms with van der Waals surface area (Å²) in [6, 6.07) is 14.5. The van der Waals surface area contributed by atoms with Gasteiger partial charge in [0.1, 0.15) is 11.4 Å². The number of esters is 1. The number of carbonyl (C=O) groups excluding carboxylic acids is 1. The molecule has 0 aliphatic carbocycles. The van der Waals surface area contributed by atoms with Crippen molar-refractivity contribution in [2.45, 2.75) is 25.8 Å². The average molecular weight is 339 g/mol. The zero-order valence-corrected chi connectivity index (χ0v) is 14.9. The molecule has 0 saturated carbocycles. The number of anilines is 2. The quantitative estimate of drug-likeness (QED) is 0.782. The highest BCUT2D eigenvalue weighted by atomic mass is 16.5. The molecule has 0 atom stereocenters. The van der Waals surface area contributed by atoms with Crippen LogP contribution in [0.3, 0.4) is 0 Å². The molecule has 0 bridgehead atoms. The smallest absolute Gasteiger partial charge is 0.341 e. The lowest BCUT2D eigenvalue weighted by Crippen LogP contribution is -2.44. The molecule has 1 aliphatic heterocycles. The zero-order valence-electron chi connectivity index (χ0n) is 14.9. The lowest BCUT2D eigenvalue weighted by molar-refractivity contribution is 0.0526. The van der Waals surface area contributed by atoms with Gasteiger partial charge in [-0.3, -0.25) is 0 Å². The summed E-state index contributed by atoms with van der Waals surface area (Å²) >= 11 is 0. The van der Waals surface area contributed by atoms with Crippen LogP contribution in [0.25, 0.3) is 0 Å². The normalized spacial score (nSPS) is 15.0. The van der Waals surface area contributed by atoms with Gasteiger partial charge in [-0.1, -0.05) is 18.2 Å². The first-order valence-electron chi connectivity index (χ1n) is 8.85. The molecule has 0 spiro atoms. The molecule has 0 N–H and O–H groups in total. The third-order valence-corrected chi connectivity index (χ3v) is 4.76. The van der Waals surface area contributed by atoms with E-state index < -0.39 is 0 Å². The summed E-state index contributed by atoms with van der Waals surface area (Å²) in [5.74, 6) is 0.441. The van der Waals surface area contributed by atoms with Gasteiger partial charge in [0.25, 0.3) is 0 Å². The molecular weight excluding hydrogens is 314 g/mol. The van der Waals surface area contributed by atoms with Crippen LogP contribution < -0.4 is 9.80 Å². The van der Waals surface area contributed by atoms with Gasteiger partial charge < -0.3 is 14.5 Å². The third kappa shape index (κ3) is 3.92. The van der Waals surface area contributed by atoms with Gasteiger partial charge in [-0.15, -0.1) is 0 Å². The average Bonchev–Trinajstić information content (AvgIpc) is 2.68. The van der Waals surface area contributed by atoms with Gasteiger partial charge in [-0.25, -0.2) is 9.78 Å². The second-order valence-electron chi connectivity index (χ2n) is 6.26. The first-order chi connectivity index (χ1) is 12.2. The number of pyridine rings is 1. The summed E-state index contributed by atoms with van der Waals surface area (Å²) in [7, 11) is 2.15. The van der Waals surface area contributed by atoms with E-state index in [9.17, 15) is 4.79 Å². The van der Waals surface area contributed by atoms with Crippen molar-refractivity contribution >= 4 is 17.5 Å². The number of piperidine rings is 1. The Morgan fingerprint density at radius 2 is 1.92 bits per heavy atom. The Morgan fingerprint density at radius 3 is 2.60 bits per heavy atom. The Kier molecular flexibility index (Phi) is 5.53. The molecule has 0 radical (unpaired) electrons. The van der Waals surface area contributed by atoms with E-state index in [0.717, 1.165) is 31.7 Å². The molecule has 5 nitrogen and oxygen atoms in total. The Balaban J connectivity index is 1.68. The summed E-state index contributed by atoms with van der Waals surface area (Å²) in [4.78, 5) is 21.2. The van der Waals surface area contributed by atoms with Crippen LogP contribution in [0.4, 0.5) is 11.5 Å². The summed E-state index contributed by atoms with van der Waals surface area (Å²) in [5, 5.41) is 0. The maximum atomic E-state index is 12.2. The summed E-state index contributed by atoms with van der Waals surface area (Å²) < 4.78 is 5.16. The topological polar surface area (TPSA) is 45.7 Å². The van der Waals surface area contributed by atoms with Crippen molar-refractivity contribution < 1.29 is 9.53 Å². The Labute approximate surface area is 149 Å². The molecule has 0 unspecified atom stereocenters. The van der Waals surface area contributed by atoms with Crippen molar-refractivity contribution in [3.05, 3.63) is 54.2 Å². The van der Waals surface area contributed by atoms with Crippen LogP contribution in [-0.4, -0.2) is 43.7 Å². The zero-order chi connectivity index (χ0) is 17.6. The van der Waals surface area contributed by atoms with E-state index in [2.05, 4.69) is 46.1 Å². The van der Waals surface area contributed by atoms with Crippen LogP contribution in [0.1, 0.15) is 30.1 Å². The Bertz CT molecular complexity index is 697. The largest absolute Gasteiger partial charge is 0.462 e. The van der Waals surface area contributed by atoms with Gasteiger partial charge in [0.05, 0.1) is 6.61 Å². The molecule has 0 amide bonds. The highest BCUT2D eigenvalue weighted by molar-refractivity contribution is 5.94. The molecule has 1 aromatic carbocycles. The summed E-state index contributed by atoms with van der Waals surface area (Å²) in [6.45, 7) is 3.95. The molecule has 5 heteroatoms. The second-order valence-corrected chi connectivity index (χ2v) is 6.26. The predicted octanol–water partition coefficient (Wildman–Crippen LogP) is 3.36. The van der Waals surface area contributed by atoms with E-state index in [-0.39, 0.29) is 5.97 Å². The second kappa shape index (κ2) is 8.01. The fourth-order valence-corrected chi connectivity index (χ4v) is 3.36. The maximum Gasteiger partial charge on any atom is 0.341 e. The minimum absolute atomic E-state index is 0.297. The van der Waals surface area contributed by atoms with Crippen molar-refractivity contribution in [3.8, 4) is 0 Å². The van der Waals surface area contributed by atoms with Gasteiger partial charge in [-0.2, -0.15) is 0 Å². The van der Waals surface area contributed by atoms with E-state index in [1.807, 2.05) is 13.0 Å². The fourth-order valence-electron chi connectivity index (χ4n) is 3.36. The summed E-state index contributed by atoms with van der Waals surface area (Å²) in [6.07, 6.45) is 3.80. The van der Waals surface area contributed by atoms with Crippen molar-refractivity contribution in [2.24, 2.45) is 0 Å². The van der Waals surface area contributed by atoms with E-state index in [0.29, 0.717) is 18.2 Å². The number of para-hydroxylation sites is 1. The van der Waals surface area contributed by atoms with Gasteiger partial charge >= 0.3 is 5.97 Å². The molecule has 132 valence electrons. The number of carbonyl (C=O) groups is 1. The lowest BCUT2D eigenvalue weighted by atomic mass is 10.0. The fraction of sp³-hybridized carbons (Fsp3) is 0.400. The van der Waals surface area contributed by atoms with Crippen molar-refractivity contribution in [1.82, 2.24) is 4.98 Å². The molecule has 2 aromatic rings. The van der Waals surface area contributed by atoms with Crippen molar-refractivity contribution in [3.63, 3.8) is 0 Å². The molecule has 1 saturated heterocycles. The molecule has 1 fully saturated rings. The molecule has 25 heavy (non-hydrogen) atoms. The molecule has 2 heterocycles. The van der Waals surface area contributed by atoms with Crippen LogP contribution >= 0.6 is 0 Å². The lowest BCUT2D eigenvalue weighted by Gasteiger charge is -2.38. The first kappa shape index (κ1) is 17.3. The minimum Gasteiger partial charge on any atom is -0.462 e. The van der Waals surface area contributed by atoms with Crippen molar-refractivity contribution in [2.75, 3.05) is 36.5 Å². The summed E-state index contributed by atoms with van der Waals surface area (Å²) in [5.41, 5.74) is 1.80. The number of ether oxygens (including phenoxy) is 1. The van der Waals surface area contributed by atoms with Crippen LogP contribution in [0.2, 0.25) is 0 Å². The van der Waals surface area contributed by atoms with E-state index >= 15 is 0 Å². The van der Waals surface area contributed by atoms with Gasteiger partial charge in [0, 0.05) is 38.1 Å². The third-order valence-electron chi connectivity index (χ3n) is 4.76. The van der Waals surface area contributed by atoms with Crippen molar-refractivity contribution in [1.29, 1.82) is 0 Å². The van der Waals surface area contributed by atoms with Crippen LogP contribution in [0, 0.1) is 0 Å². The molecule has 1 aromatic heterocycles. The first-order valence-corrected chi connectivity index (χ1v) is 8.85. The molecule has 1 aliphatic rings. The highest BCUT2D eigenvalue weighted by Crippen LogP contribution is 2.26. The van der Waals surface area contributed by atoms with E-state index in [1.165, 1.54) is 5.69 Å². The number of rotatable bonds is 5. The molecular formula is C20H25N3O2. The number of hydrogen-bond donors (Lipinski definition) is 0. The maximum absolute atomic E-state index is 12.2. The number of aromatic nitrogens is 1. The van der Waals surface area contributed by atoms with E-state index in [1.54, 1.807) is 18.3 Å². The Hall–Kier alpha value is -2.56. The van der Waals surface area contributed by atoms with Crippen LogP contribution in [0.5, 0.6) is 0 Å². The number of hydrogen-bond acceptors (Lipinski definition) is 5. The van der Waals surface area contributed by atoms with Gasteiger partial charge in [-0.05, 0) is 44.0 Å². The standard InChI is InChI=1S/C20H25N3O2/c1-3-25-20(24)18-10-7-13-21-19(18)23-14-11-17(12-15-23)22(2)16-8-5-4-6-9-16/h4-10,13,17H,3,11-12,14-15H2,1-2H3. The SMILES string of the molecule is CCOC(=O)c1cccnc1N1CCC(N(C)c2ccccc2)CC1. The minimum atomic E-state index is -0.297. The van der Waals surface area contributed by atoms with Crippen LogP contribution in [0.15, 0.2) is 48.7 Å². The highest BCUT2D eigenvalue weighted by Gasteiger charge is 2.26. The van der Waals surface area contributed by atoms with Gasteiger partial charge in [0.15, 0.2) is 0 Å². The van der Waals surface area contributed by atoms with Gasteiger partial charge in [0.2, 0.25) is 0 Å². The van der Waals surface area contributed by atoms with Crippen LogP contribution in [-0.2, 0) is 4.74 Å². The van der Waals surface area contributed by atoms with E-state index in [4.69, 9.17) is 4.74 Å². The molecule has 3 rings (SSSR count).